The topological polar surface area (TPSA) is 86.8 Å². The molecule has 0 aromatic heterocycles. The molecule has 1 aliphatic rings. The van der Waals surface area contributed by atoms with E-state index in [0.717, 1.165) is 0 Å². The number of sulfonamides is 1. The van der Waals surface area contributed by atoms with E-state index in [-0.39, 0.29) is 28.7 Å². The third-order valence-corrected chi connectivity index (χ3v) is 6.20. The Kier molecular flexibility index (Phi) is 6.77. The number of carbonyl (C=O) groups is 2. The van der Waals surface area contributed by atoms with Crippen LogP contribution in [0.4, 0.5) is 0 Å². The third-order valence-electron chi connectivity index (χ3n) is 4.31. The van der Waals surface area contributed by atoms with Crippen LogP contribution in [0.5, 0.6) is 0 Å². The molecule has 2 rings (SSSR count). The van der Waals surface area contributed by atoms with Gasteiger partial charge in [0.1, 0.15) is 0 Å². The standard InChI is InChI=1S/C19H29N3O4S/c1-15(23)16-7-5-8-17(13-16)27(25,26)22-10-6-9-21(11-12-22)14-18(24)20-19(2,3)4/h5,7-8,13H,6,9-12,14H2,1-4H3,(H,20,24). The maximum atomic E-state index is 12.9. The van der Waals surface area contributed by atoms with Crippen LogP contribution in [-0.4, -0.2) is 67.6 Å². The monoisotopic (exact) mass is 395 g/mol. The molecule has 1 aromatic carbocycles. The first-order valence-electron chi connectivity index (χ1n) is 9.13. The molecule has 1 aliphatic heterocycles. The summed E-state index contributed by atoms with van der Waals surface area (Å²) in [4.78, 5) is 25.8. The summed E-state index contributed by atoms with van der Waals surface area (Å²) in [6.07, 6.45) is 0.647. The fraction of sp³-hybridized carbons (Fsp3) is 0.579. The Morgan fingerprint density at radius 3 is 2.44 bits per heavy atom. The molecular weight excluding hydrogens is 366 g/mol. The number of rotatable bonds is 5. The summed E-state index contributed by atoms with van der Waals surface area (Å²) in [5, 5.41) is 2.93. The zero-order valence-corrected chi connectivity index (χ0v) is 17.3. The Hall–Kier alpha value is -1.77. The van der Waals surface area contributed by atoms with E-state index in [4.69, 9.17) is 0 Å². The van der Waals surface area contributed by atoms with E-state index < -0.39 is 10.0 Å². The van der Waals surface area contributed by atoms with Gasteiger partial charge in [-0.15, -0.1) is 0 Å². The predicted molar refractivity (Wildman–Crippen MR) is 104 cm³/mol. The second kappa shape index (κ2) is 8.50. The molecule has 1 fully saturated rings. The second-order valence-electron chi connectivity index (χ2n) is 7.92. The average Bonchev–Trinajstić information content (AvgIpc) is 2.79. The van der Waals surface area contributed by atoms with Crippen LogP contribution in [0.1, 0.15) is 44.5 Å². The summed E-state index contributed by atoms with van der Waals surface area (Å²) < 4.78 is 27.3. The van der Waals surface area contributed by atoms with Crippen LogP contribution < -0.4 is 5.32 Å². The Morgan fingerprint density at radius 1 is 1.11 bits per heavy atom. The number of nitrogens with one attached hydrogen (secondary N) is 1. The fourth-order valence-corrected chi connectivity index (χ4v) is 4.55. The fourth-order valence-electron chi connectivity index (χ4n) is 3.03. The molecule has 0 bridgehead atoms. The van der Waals surface area contributed by atoms with E-state index in [1.165, 1.54) is 23.4 Å². The van der Waals surface area contributed by atoms with Gasteiger partial charge >= 0.3 is 0 Å². The van der Waals surface area contributed by atoms with Gasteiger partial charge in [-0.25, -0.2) is 8.42 Å². The highest BCUT2D eigenvalue weighted by Gasteiger charge is 2.28. The normalized spacial score (nSPS) is 17.3. The minimum Gasteiger partial charge on any atom is -0.350 e. The Balaban J connectivity index is 2.05. The first-order chi connectivity index (χ1) is 12.5. The van der Waals surface area contributed by atoms with Gasteiger partial charge in [-0.2, -0.15) is 4.31 Å². The van der Waals surface area contributed by atoms with Crippen molar-refractivity contribution in [3.05, 3.63) is 29.8 Å². The minimum absolute atomic E-state index is 0.0621. The van der Waals surface area contributed by atoms with Crippen LogP contribution in [0.2, 0.25) is 0 Å². The number of carbonyl (C=O) groups excluding carboxylic acids is 2. The molecule has 8 heteroatoms. The summed E-state index contributed by atoms with van der Waals surface area (Å²) in [6, 6.07) is 6.14. The molecule has 0 saturated carbocycles. The molecule has 27 heavy (non-hydrogen) atoms. The molecule has 150 valence electrons. The summed E-state index contributed by atoms with van der Waals surface area (Å²) in [5.74, 6) is -0.230. The molecule has 0 spiro atoms. The van der Waals surface area contributed by atoms with Crippen LogP contribution >= 0.6 is 0 Å². The zero-order valence-electron chi connectivity index (χ0n) is 16.5. The lowest BCUT2D eigenvalue weighted by atomic mass is 10.1. The Bertz CT molecular complexity index is 799. The van der Waals surface area contributed by atoms with Crippen LogP contribution in [-0.2, 0) is 14.8 Å². The predicted octanol–water partition coefficient (Wildman–Crippen LogP) is 1.50. The highest BCUT2D eigenvalue weighted by molar-refractivity contribution is 7.89. The highest BCUT2D eigenvalue weighted by Crippen LogP contribution is 2.19. The van der Waals surface area contributed by atoms with E-state index in [9.17, 15) is 18.0 Å². The second-order valence-corrected chi connectivity index (χ2v) is 9.85. The van der Waals surface area contributed by atoms with Crippen LogP contribution in [0.15, 0.2) is 29.2 Å². The molecule has 0 unspecified atom stereocenters. The number of ketones is 1. The molecule has 0 aliphatic carbocycles. The lowest BCUT2D eigenvalue weighted by molar-refractivity contribution is -0.123. The van der Waals surface area contributed by atoms with E-state index in [1.54, 1.807) is 12.1 Å². The number of benzene rings is 1. The van der Waals surface area contributed by atoms with Crippen LogP contribution in [0.3, 0.4) is 0 Å². The van der Waals surface area contributed by atoms with Crippen molar-refractivity contribution in [2.75, 3.05) is 32.7 Å². The first-order valence-corrected chi connectivity index (χ1v) is 10.6. The number of amides is 1. The molecule has 7 nitrogen and oxygen atoms in total. The van der Waals surface area contributed by atoms with E-state index in [1.807, 2.05) is 25.7 Å². The van der Waals surface area contributed by atoms with Gasteiger partial charge in [-0.05, 0) is 52.8 Å². The number of nitrogens with zero attached hydrogens (tertiary/aromatic N) is 2. The average molecular weight is 396 g/mol. The molecule has 1 aromatic rings. The summed E-state index contributed by atoms with van der Waals surface area (Å²) >= 11 is 0. The van der Waals surface area contributed by atoms with Crippen molar-refractivity contribution in [2.45, 2.75) is 44.6 Å². The van der Waals surface area contributed by atoms with Crippen molar-refractivity contribution in [1.82, 2.24) is 14.5 Å². The van der Waals surface area contributed by atoms with Gasteiger partial charge in [0.2, 0.25) is 15.9 Å². The van der Waals surface area contributed by atoms with Crippen molar-refractivity contribution < 1.29 is 18.0 Å². The first kappa shape index (κ1) is 21.5. The molecule has 0 radical (unpaired) electrons. The number of Topliss-reactive ketones (excluding diaryl/α,β-unsaturated/α-hetero) is 1. The van der Waals surface area contributed by atoms with Crippen LogP contribution in [0, 0.1) is 0 Å². The maximum Gasteiger partial charge on any atom is 0.243 e. The van der Waals surface area contributed by atoms with Gasteiger partial charge in [-0.1, -0.05) is 12.1 Å². The van der Waals surface area contributed by atoms with E-state index in [0.29, 0.717) is 38.2 Å². The van der Waals surface area contributed by atoms with Crippen molar-refractivity contribution in [3.8, 4) is 0 Å². The largest absolute Gasteiger partial charge is 0.350 e. The number of hydrogen-bond acceptors (Lipinski definition) is 5. The van der Waals surface area contributed by atoms with Crippen molar-refractivity contribution in [1.29, 1.82) is 0 Å². The zero-order chi connectivity index (χ0) is 20.2. The Labute approximate surface area is 161 Å². The van der Waals surface area contributed by atoms with Crippen molar-refractivity contribution in [3.63, 3.8) is 0 Å². The van der Waals surface area contributed by atoms with Gasteiger partial charge < -0.3 is 5.32 Å². The van der Waals surface area contributed by atoms with Crippen molar-refractivity contribution >= 4 is 21.7 Å². The molecule has 1 saturated heterocycles. The quantitative estimate of drug-likeness (QED) is 0.764. The van der Waals surface area contributed by atoms with Gasteiger partial charge in [0, 0.05) is 30.7 Å². The highest BCUT2D eigenvalue weighted by atomic mass is 32.2. The lowest BCUT2D eigenvalue weighted by Gasteiger charge is -2.25. The van der Waals surface area contributed by atoms with Crippen LogP contribution in [0.25, 0.3) is 0 Å². The molecule has 1 heterocycles. The van der Waals surface area contributed by atoms with E-state index >= 15 is 0 Å². The smallest absolute Gasteiger partial charge is 0.243 e. The summed E-state index contributed by atoms with van der Waals surface area (Å²) in [5.41, 5.74) is 0.0893. The molecular formula is C19H29N3O4S. The lowest BCUT2D eigenvalue weighted by Crippen LogP contribution is -2.46. The van der Waals surface area contributed by atoms with Gasteiger partial charge in [0.05, 0.1) is 11.4 Å². The molecule has 0 atom stereocenters. The van der Waals surface area contributed by atoms with Gasteiger partial charge in [-0.3, -0.25) is 14.5 Å². The third kappa shape index (κ3) is 6.12. The van der Waals surface area contributed by atoms with Crippen molar-refractivity contribution in [2.24, 2.45) is 0 Å². The number of hydrogen-bond donors (Lipinski definition) is 1. The summed E-state index contributed by atoms with van der Waals surface area (Å²) in [6.45, 7) is 9.31. The molecule has 1 N–H and O–H groups in total. The maximum absolute atomic E-state index is 12.9. The minimum atomic E-state index is -3.67. The van der Waals surface area contributed by atoms with E-state index in [2.05, 4.69) is 5.32 Å². The van der Waals surface area contributed by atoms with Gasteiger partial charge in [0.25, 0.3) is 0 Å². The molecule has 1 amide bonds. The summed E-state index contributed by atoms with van der Waals surface area (Å²) in [7, 11) is -3.67. The van der Waals surface area contributed by atoms with Gasteiger partial charge in [0.15, 0.2) is 5.78 Å². The Morgan fingerprint density at radius 2 is 1.81 bits per heavy atom. The SMILES string of the molecule is CC(=O)c1cccc(S(=O)(=O)N2CCCN(CC(=O)NC(C)(C)C)CC2)c1.